The van der Waals surface area contributed by atoms with E-state index in [-0.39, 0.29) is 22.4 Å². The Morgan fingerprint density at radius 2 is 1.78 bits per heavy atom. The Hall–Kier alpha value is -1.06. The number of benzene rings is 1. The minimum Gasteiger partial charge on any atom is -0.465 e. The second kappa shape index (κ2) is 5.72. The zero-order valence-corrected chi connectivity index (χ0v) is 11.9. The SMILES string of the molecule is CCOC(=O)C(C)(C(C)=O)c1c(Cl)cccc1Cl. The molecular weight excluding hydrogens is 275 g/mol. The highest BCUT2D eigenvalue weighted by molar-refractivity contribution is 6.37. The van der Waals surface area contributed by atoms with E-state index in [1.165, 1.54) is 13.8 Å². The molecule has 5 heteroatoms. The van der Waals surface area contributed by atoms with E-state index < -0.39 is 11.4 Å². The van der Waals surface area contributed by atoms with Gasteiger partial charge in [-0.15, -0.1) is 0 Å². The fourth-order valence-corrected chi connectivity index (χ4v) is 2.45. The molecule has 1 aromatic carbocycles. The highest BCUT2D eigenvalue weighted by atomic mass is 35.5. The third kappa shape index (κ3) is 2.52. The van der Waals surface area contributed by atoms with Crippen LogP contribution in [-0.2, 0) is 19.7 Å². The number of ketones is 1. The molecule has 18 heavy (non-hydrogen) atoms. The van der Waals surface area contributed by atoms with Crippen molar-refractivity contribution in [3.05, 3.63) is 33.8 Å². The number of rotatable bonds is 4. The molecule has 0 aliphatic heterocycles. The predicted molar refractivity (Wildman–Crippen MR) is 71.1 cm³/mol. The molecule has 0 saturated carbocycles. The minimum atomic E-state index is -1.48. The Kier molecular flexibility index (Phi) is 4.77. The summed E-state index contributed by atoms with van der Waals surface area (Å²) in [6.45, 7) is 4.65. The lowest BCUT2D eigenvalue weighted by Crippen LogP contribution is -2.41. The van der Waals surface area contributed by atoms with Crippen LogP contribution >= 0.6 is 23.2 Å². The fraction of sp³-hybridized carbons (Fsp3) is 0.385. The molecule has 1 rings (SSSR count). The molecule has 0 fully saturated rings. The van der Waals surface area contributed by atoms with Crippen LogP contribution in [0.4, 0.5) is 0 Å². The maximum absolute atomic E-state index is 12.1. The molecule has 1 unspecified atom stereocenters. The number of halogens is 2. The highest BCUT2D eigenvalue weighted by Crippen LogP contribution is 2.37. The van der Waals surface area contributed by atoms with Gasteiger partial charge in [0.05, 0.1) is 6.61 Å². The third-order valence-electron chi connectivity index (χ3n) is 2.85. The first kappa shape index (κ1) is 15.0. The maximum Gasteiger partial charge on any atom is 0.323 e. The minimum absolute atomic E-state index is 0.184. The van der Waals surface area contributed by atoms with Crippen LogP contribution in [0.1, 0.15) is 26.3 Å². The van der Waals surface area contributed by atoms with Crippen LogP contribution in [0.2, 0.25) is 10.0 Å². The van der Waals surface area contributed by atoms with Crippen molar-refractivity contribution in [3.63, 3.8) is 0 Å². The van der Waals surface area contributed by atoms with Crippen molar-refractivity contribution in [1.29, 1.82) is 0 Å². The van der Waals surface area contributed by atoms with Crippen LogP contribution in [0.15, 0.2) is 18.2 Å². The Morgan fingerprint density at radius 1 is 1.28 bits per heavy atom. The quantitative estimate of drug-likeness (QED) is 0.630. The monoisotopic (exact) mass is 288 g/mol. The number of hydrogen-bond donors (Lipinski definition) is 0. The van der Waals surface area contributed by atoms with E-state index >= 15 is 0 Å². The standard InChI is InChI=1S/C13H14Cl2O3/c1-4-18-12(17)13(3,8(2)16)11-9(14)6-5-7-10(11)15/h5-7H,4H2,1-3H3. The van der Waals surface area contributed by atoms with Crippen LogP contribution in [0.3, 0.4) is 0 Å². The molecule has 0 aliphatic carbocycles. The lowest BCUT2D eigenvalue weighted by Gasteiger charge is -2.26. The Balaban J connectivity index is 3.46. The van der Waals surface area contributed by atoms with Crippen molar-refractivity contribution in [2.75, 3.05) is 6.61 Å². The van der Waals surface area contributed by atoms with Gasteiger partial charge in [0.1, 0.15) is 0 Å². The topological polar surface area (TPSA) is 43.4 Å². The van der Waals surface area contributed by atoms with E-state index in [9.17, 15) is 9.59 Å². The first-order chi connectivity index (χ1) is 8.35. The van der Waals surface area contributed by atoms with E-state index in [4.69, 9.17) is 27.9 Å². The van der Waals surface area contributed by atoms with Gasteiger partial charge in [-0.1, -0.05) is 29.3 Å². The van der Waals surface area contributed by atoms with Gasteiger partial charge in [0.15, 0.2) is 11.2 Å². The van der Waals surface area contributed by atoms with E-state index in [2.05, 4.69) is 0 Å². The predicted octanol–water partition coefficient (Wildman–Crippen LogP) is 3.40. The number of esters is 1. The van der Waals surface area contributed by atoms with Gasteiger partial charge < -0.3 is 4.74 Å². The number of carbonyl (C=O) groups is 2. The van der Waals surface area contributed by atoms with Gasteiger partial charge in [0.2, 0.25) is 0 Å². The number of carbonyl (C=O) groups excluding carboxylic acids is 2. The molecule has 3 nitrogen and oxygen atoms in total. The molecule has 0 amide bonds. The summed E-state index contributed by atoms with van der Waals surface area (Å²) >= 11 is 12.1. The van der Waals surface area contributed by atoms with Crippen LogP contribution in [0, 0.1) is 0 Å². The first-order valence-corrected chi connectivity index (χ1v) is 6.24. The van der Waals surface area contributed by atoms with Crippen molar-refractivity contribution in [2.45, 2.75) is 26.2 Å². The molecule has 0 spiro atoms. The van der Waals surface area contributed by atoms with Gasteiger partial charge in [-0.3, -0.25) is 9.59 Å². The zero-order chi connectivity index (χ0) is 13.9. The Labute approximate surface area is 116 Å². The van der Waals surface area contributed by atoms with E-state index in [0.717, 1.165) is 0 Å². The average Bonchev–Trinajstić information content (AvgIpc) is 2.28. The molecule has 1 aromatic rings. The van der Waals surface area contributed by atoms with Gasteiger partial charge in [-0.25, -0.2) is 0 Å². The molecule has 0 saturated heterocycles. The summed E-state index contributed by atoms with van der Waals surface area (Å²) in [4.78, 5) is 23.9. The Morgan fingerprint density at radius 3 is 2.17 bits per heavy atom. The van der Waals surface area contributed by atoms with Gasteiger partial charge in [-0.05, 0) is 32.9 Å². The smallest absolute Gasteiger partial charge is 0.323 e. The van der Waals surface area contributed by atoms with Crippen molar-refractivity contribution in [2.24, 2.45) is 0 Å². The first-order valence-electron chi connectivity index (χ1n) is 5.48. The molecule has 0 N–H and O–H groups in total. The highest BCUT2D eigenvalue weighted by Gasteiger charge is 2.44. The largest absolute Gasteiger partial charge is 0.465 e. The normalized spacial score (nSPS) is 13.8. The zero-order valence-electron chi connectivity index (χ0n) is 10.4. The molecular formula is C13H14Cl2O3. The van der Waals surface area contributed by atoms with E-state index in [1.807, 2.05) is 0 Å². The van der Waals surface area contributed by atoms with Crippen molar-refractivity contribution < 1.29 is 14.3 Å². The van der Waals surface area contributed by atoms with E-state index in [0.29, 0.717) is 5.56 Å². The fourth-order valence-electron chi connectivity index (χ4n) is 1.67. The van der Waals surface area contributed by atoms with Gasteiger partial charge >= 0.3 is 5.97 Å². The summed E-state index contributed by atoms with van der Waals surface area (Å²) in [6.07, 6.45) is 0. The van der Waals surface area contributed by atoms with Gasteiger partial charge in [0, 0.05) is 15.6 Å². The summed E-state index contributed by atoms with van der Waals surface area (Å²) in [5.74, 6) is -1.01. The lowest BCUT2D eigenvalue weighted by molar-refractivity contribution is -0.152. The lowest BCUT2D eigenvalue weighted by atomic mass is 9.79. The molecule has 0 aromatic heterocycles. The van der Waals surface area contributed by atoms with Crippen LogP contribution in [-0.4, -0.2) is 18.4 Å². The van der Waals surface area contributed by atoms with Crippen LogP contribution in [0.25, 0.3) is 0 Å². The molecule has 1 atom stereocenters. The summed E-state index contributed by atoms with van der Waals surface area (Å²) in [7, 11) is 0. The third-order valence-corrected chi connectivity index (χ3v) is 3.48. The van der Waals surface area contributed by atoms with Crippen molar-refractivity contribution >= 4 is 35.0 Å². The summed E-state index contributed by atoms with van der Waals surface area (Å²) in [5.41, 5.74) is -1.19. The van der Waals surface area contributed by atoms with Crippen LogP contribution < -0.4 is 0 Å². The Bertz CT molecular complexity index is 465. The van der Waals surface area contributed by atoms with Crippen molar-refractivity contribution in [1.82, 2.24) is 0 Å². The molecule has 0 bridgehead atoms. The summed E-state index contributed by atoms with van der Waals surface area (Å²) < 4.78 is 4.96. The second-order valence-corrected chi connectivity index (χ2v) is 4.81. The van der Waals surface area contributed by atoms with Gasteiger partial charge in [0.25, 0.3) is 0 Å². The molecule has 0 aliphatic rings. The van der Waals surface area contributed by atoms with Crippen molar-refractivity contribution in [3.8, 4) is 0 Å². The summed E-state index contributed by atoms with van der Waals surface area (Å²) in [5, 5.41) is 0.543. The number of hydrogen-bond acceptors (Lipinski definition) is 3. The summed E-state index contributed by atoms with van der Waals surface area (Å²) in [6, 6.07) is 4.83. The average molecular weight is 289 g/mol. The second-order valence-electron chi connectivity index (χ2n) is 4.00. The maximum atomic E-state index is 12.1. The number of Topliss-reactive ketones (excluding diaryl/α,β-unsaturated/α-hetero) is 1. The van der Waals surface area contributed by atoms with Crippen LogP contribution in [0.5, 0.6) is 0 Å². The molecule has 98 valence electrons. The number of ether oxygens (including phenoxy) is 1. The van der Waals surface area contributed by atoms with Gasteiger partial charge in [-0.2, -0.15) is 0 Å². The molecule has 0 radical (unpaired) electrons. The van der Waals surface area contributed by atoms with E-state index in [1.54, 1.807) is 25.1 Å². The molecule has 0 heterocycles.